The van der Waals surface area contributed by atoms with Gasteiger partial charge in [-0.25, -0.2) is 0 Å². The zero-order valence-corrected chi connectivity index (χ0v) is 11.3. The predicted octanol–water partition coefficient (Wildman–Crippen LogP) is 0.695. The first kappa shape index (κ1) is 13.2. The van der Waals surface area contributed by atoms with E-state index in [2.05, 4.69) is 15.5 Å². The summed E-state index contributed by atoms with van der Waals surface area (Å²) in [5.74, 6) is 0.752. The van der Waals surface area contributed by atoms with E-state index in [4.69, 9.17) is 5.73 Å². The number of rotatable bonds is 4. The number of aromatic nitrogens is 4. The lowest BCUT2D eigenvalue weighted by molar-refractivity contribution is 0.0569. The Balaban J connectivity index is 1.91. The normalized spacial score (nSPS) is 26.0. The maximum absolute atomic E-state index is 10.2. The summed E-state index contributed by atoms with van der Waals surface area (Å²) < 4.78 is 1.72. The minimum absolute atomic E-state index is 0.290. The van der Waals surface area contributed by atoms with Crippen molar-refractivity contribution in [2.24, 2.45) is 11.1 Å². The summed E-state index contributed by atoms with van der Waals surface area (Å²) in [6, 6.07) is 9.77. The molecule has 1 aliphatic carbocycles. The van der Waals surface area contributed by atoms with E-state index in [0.29, 0.717) is 13.0 Å². The standard InChI is InChI=1S/C14H19N5O/c15-10-14(8-4-7-12(14)20)9-13-16-17-18-19(13)11-5-2-1-3-6-11/h1-3,5-6,12,20H,4,7-10,15H2. The van der Waals surface area contributed by atoms with Gasteiger partial charge in [-0.05, 0) is 35.4 Å². The highest BCUT2D eigenvalue weighted by atomic mass is 16.3. The molecule has 1 aromatic heterocycles. The molecule has 1 heterocycles. The van der Waals surface area contributed by atoms with Gasteiger partial charge < -0.3 is 10.8 Å². The average Bonchev–Trinajstić information content (AvgIpc) is 3.08. The Hall–Kier alpha value is -1.79. The number of aliphatic hydroxyl groups is 1. The highest BCUT2D eigenvalue weighted by Gasteiger charge is 2.42. The molecule has 0 saturated heterocycles. The summed E-state index contributed by atoms with van der Waals surface area (Å²) in [6.07, 6.45) is 2.97. The summed E-state index contributed by atoms with van der Waals surface area (Å²) in [5, 5.41) is 22.2. The van der Waals surface area contributed by atoms with Crippen molar-refractivity contribution in [3.63, 3.8) is 0 Å². The Morgan fingerprint density at radius 3 is 2.80 bits per heavy atom. The van der Waals surface area contributed by atoms with Crippen LogP contribution in [0.2, 0.25) is 0 Å². The molecule has 106 valence electrons. The Morgan fingerprint density at radius 1 is 1.35 bits per heavy atom. The van der Waals surface area contributed by atoms with E-state index in [0.717, 1.165) is 30.8 Å². The van der Waals surface area contributed by atoms with Crippen LogP contribution in [0.15, 0.2) is 30.3 Å². The van der Waals surface area contributed by atoms with Crippen LogP contribution >= 0.6 is 0 Å². The van der Waals surface area contributed by atoms with Crippen molar-refractivity contribution in [2.45, 2.75) is 31.8 Å². The van der Waals surface area contributed by atoms with Crippen molar-refractivity contribution in [1.29, 1.82) is 0 Å². The van der Waals surface area contributed by atoms with E-state index in [9.17, 15) is 5.11 Å². The van der Waals surface area contributed by atoms with E-state index in [1.165, 1.54) is 0 Å². The van der Waals surface area contributed by atoms with Crippen LogP contribution in [-0.4, -0.2) is 38.0 Å². The van der Waals surface area contributed by atoms with E-state index < -0.39 is 0 Å². The van der Waals surface area contributed by atoms with Crippen LogP contribution in [0.3, 0.4) is 0 Å². The van der Waals surface area contributed by atoms with Gasteiger partial charge in [-0.3, -0.25) is 0 Å². The zero-order valence-electron chi connectivity index (χ0n) is 11.3. The Bertz CT molecular complexity index is 570. The third-order valence-corrected chi connectivity index (χ3v) is 4.31. The zero-order chi connectivity index (χ0) is 14.0. The van der Waals surface area contributed by atoms with Gasteiger partial charge in [0.1, 0.15) is 0 Å². The molecule has 1 aromatic carbocycles. The number of hydrogen-bond acceptors (Lipinski definition) is 5. The maximum Gasteiger partial charge on any atom is 0.157 e. The SMILES string of the molecule is NCC1(Cc2nnnn2-c2ccccc2)CCCC1O. The van der Waals surface area contributed by atoms with Gasteiger partial charge in [0.25, 0.3) is 0 Å². The number of benzene rings is 1. The van der Waals surface area contributed by atoms with Crippen LogP contribution in [0.4, 0.5) is 0 Å². The number of nitrogens with two attached hydrogens (primary N) is 1. The van der Waals surface area contributed by atoms with Crippen molar-refractivity contribution in [1.82, 2.24) is 20.2 Å². The minimum Gasteiger partial charge on any atom is -0.392 e. The maximum atomic E-state index is 10.2. The number of hydrogen-bond donors (Lipinski definition) is 2. The van der Waals surface area contributed by atoms with Gasteiger partial charge in [-0.2, -0.15) is 4.68 Å². The highest BCUT2D eigenvalue weighted by molar-refractivity contribution is 5.30. The molecule has 0 amide bonds. The summed E-state index contributed by atoms with van der Waals surface area (Å²) in [7, 11) is 0. The molecule has 20 heavy (non-hydrogen) atoms. The van der Waals surface area contributed by atoms with Gasteiger partial charge in [-0.15, -0.1) is 5.10 Å². The lowest BCUT2D eigenvalue weighted by atomic mass is 9.80. The topological polar surface area (TPSA) is 89.9 Å². The summed E-state index contributed by atoms with van der Waals surface area (Å²) in [4.78, 5) is 0. The minimum atomic E-state index is -0.367. The van der Waals surface area contributed by atoms with Crippen molar-refractivity contribution in [2.75, 3.05) is 6.54 Å². The quantitative estimate of drug-likeness (QED) is 0.855. The van der Waals surface area contributed by atoms with Crippen LogP contribution in [-0.2, 0) is 6.42 Å². The molecule has 3 rings (SSSR count). The molecule has 0 aliphatic heterocycles. The lowest BCUT2D eigenvalue weighted by Crippen LogP contribution is -2.40. The van der Waals surface area contributed by atoms with E-state index >= 15 is 0 Å². The van der Waals surface area contributed by atoms with Crippen LogP contribution < -0.4 is 5.73 Å². The molecule has 1 saturated carbocycles. The van der Waals surface area contributed by atoms with Gasteiger partial charge in [0.05, 0.1) is 11.8 Å². The molecule has 3 N–H and O–H groups in total. The molecule has 2 unspecified atom stereocenters. The van der Waals surface area contributed by atoms with Gasteiger partial charge in [0.2, 0.25) is 0 Å². The third-order valence-electron chi connectivity index (χ3n) is 4.31. The molecule has 0 spiro atoms. The second kappa shape index (κ2) is 5.30. The second-order valence-electron chi connectivity index (χ2n) is 5.49. The largest absolute Gasteiger partial charge is 0.392 e. The molecule has 2 atom stereocenters. The fourth-order valence-electron chi connectivity index (χ4n) is 3.04. The molecule has 6 heteroatoms. The van der Waals surface area contributed by atoms with Crippen molar-refractivity contribution in [3.8, 4) is 5.69 Å². The molecule has 0 bridgehead atoms. The van der Waals surface area contributed by atoms with Crippen LogP contribution in [0.25, 0.3) is 5.69 Å². The first-order valence-electron chi connectivity index (χ1n) is 6.96. The Kier molecular flexibility index (Phi) is 3.50. The van der Waals surface area contributed by atoms with Crippen molar-refractivity contribution >= 4 is 0 Å². The molecule has 1 aliphatic rings. The monoisotopic (exact) mass is 273 g/mol. The van der Waals surface area contributed by atoms with Crippen LogP contribution in [0.5, 0.6) is 0 Å². The van der Waals surface area contributed by atoms with E-state index in [-0.39, 0.29) is 11.5 Å². The van der Waals surface area contributed by atoms with E-state index in [1.54, 1.807) is 4.68 Å². The molecular formula is C14H19N5O. The molecule has 2 aromatic rings. The fraction of sp³-hybridized carbons (Fsp3) is 0.500. The average molecular weight is 273 g/mol. The number of tetrazole rings is 1. The first-order valence-corrected chi connectivity index (χ1v) is 6.96. The van der Waals surface area contributed by atoms with Gasteiger partial charge in [-0.1, -0.05) is 24.6 Å². The van der Waals surface area contributed by atoms with Crippen molar-refractivity contribution in [3.05, 3.63) is 36.2 Å². The fourth-order valence-corrected chi connectivity index (χ4v) is 3.04. The van der Waals surface area contributed by atoms with Crippen LogP contribution in [0.1, 0.15) is 25.1 Å². The predicted molar refractivity (Wildman–Crippen MR) is 74.2 cm³/mol. The van der Waals surface area contributed by atoms with Gasteiger partial charge in [0.15, 0.2) is 5.82 Å². The first-order chi connectivity index (χ1) is 9.75. The smallest absolute Gasteiger partial charge is 0.157 e. The molecule has 1 fully saturated rings. The second-order valence-corrected chi connectivity index (χ2v) is 5.49. The summed E-state index contributed by atoms with van der Waals surface area (Å²) in [6.45, 7) is 0.454. The lowest BCUT2D eigenvalue weighted by Gasteiger charge is -2.30. The van der Waals surface area contributed by atoms with Crippen LogP contribution in [0, 0.1) is 5.41 Å². The Labute approximate surface area is 117 Å². The molecular weight excluding hydrogens is 254 g/mol. The van der Waals surface area contributed by atoms with Gasteiger partial charge >= 0.3 is 0 Å². The van der Waals surface area contributed by atoms with E-state index in [1.807, 2.05) is 30.3 Å². The Morgan fingerprint density at radius 2 is 2.15 bits per heavy atom. The number of nitrogens with zero attached hydrogens (tertiary/aromatic N) is 4. The summed E-state index contributed by atoms with van der Waals surface area (Å²) in [5.41, 5.74) is 6.56. The molecule has 6 nitrogen and oxygen atoms in total. The third kappa shape index (κ3) is 2.21. The number of aliphatic hydroxyl groups excluding tert-OH is 1. The summed E-state index contributed by atoms with van der Waals surface area (Å²) >= 11 is 0. The highest BCUT2D eigenvalue weighted by Crippen LogP contribution is 2.40. The van der Waals surface area contributed by atoms with Gasteiger partial charge in [0, 0.05) is 18.4 Å². The molecule has 0 radical (unpaired) electrons. The number of para-hydroxylation sites is 1. The van der Waals surface area contributed by atoms with Crippen molar-refractivity contribution < 1.29 is 5.11 Å².